The second kappa shape index (κ2) is 7.04. The maximum Gasteiger partial charge on any atom is 0.158 e. The van der Waals surface area contributed by atoms with E-state index in [0.29, 0.717) is 22.1 Å². The minimum Gasteiger partial charge on any atom is -0.354 e. The SMILES string of the molecule is O=Cc1ccc(Nc2cccc3cc(Cl)c(-c4nc5ccccc5[nH]4)nc23)cc1. The van der Waals surface area contributed by atoms with Crippen molar-refractivity contribution in [2.24, 2.45) is 0 Å². The van der Waals surface area contributed by atoms with E-state index in [2.05, 4.69) is 15.3 Å². The van der Waals surface area contributed by atoms with E-state index in [-0.39, 0.29) is 0 Å². The molecule has 0 aliphatic carbocycles. The fourth-order valence-corrected chi connectivity index (χ4v) is 3.55. The second-order valence-corrected chi connectivity index (χ2v) is 7.07. The molecule has 0 saturated carbocycles. The van der Waals surface area contributed by atoms with Crippen molar-refractivity contribution < 1.29 is 4.79 Å². The van der Waals surface area contributed by atoms with Crippen molar-refractivity contribution >= 4 is 51.2 Å². The summed E-state index contributed by atoms with van der Waals surface area (Å²) >= 11 is 6.54. The summed E-state index contributed by atoms with van der Waals surface area (Å²) in [5.74, 6) is 0.628. The predicted octanol–water partition coefficient (Wildman–Crippen LogP) is 5.99. The number of hydrogen-bond acceptors (Lipinski definition) is 4. The van der Waals surface area contributed by atoms with E-state index in [1.54, 1.807) is 12.1 Å². The zero-order chi connectivity index (χ0) is 19.8. The Balaban J connectivity index is 1.62. The summed E-state index contributed by atoms with van der Waals surface area (Å²) in [4.78, 5) is 23.6. The molecule has 29 heavy (non-hydrogen) atoms. The summed E-state index contributed by atoms with van der Waals surface area (Å²) in [6.45, 7) is 0. The molecule has 3 aromatic carbocycles. The minimum absolute atomic E-state index is 0.532. The number of H-pyrrole nitrogens is 1. The average Bonchev–Trinajstić information content (AvgIpc) is 3.18. The van der Waals surface area contributed by atoms with Gasteiger partial charge in [-0.1, -0.05) is 35.9 Å². The third-order valence-electron chi connectivity index (χ3n) is 4.74. The smallest absolute Gasteiger partial charge is 0.158 e. The van der Waals surface area contributed by atoms with Crippen molar-refractivity contribution in [3.05, 3.63) is 83.4 Å². The van der Waals surface area contributed by atoms with Crippen LogP contribution in [0.15, 0.2) is 72.8 Å². The maximum absolute atomic E-state index is 10.9. The molecule has 2 aromatic heterocycles. The molecule has 0 radical (unpaired) electrons. The second-order valence-electron chi connectivity index (χ2n) is 6.66. The van der Waals surface area contributed by atoms with E-state index in [0.717, 1.165) is 39.6 Å². The van der Waals surface area contributed by atoms with Crippen LogP contribution in [0.2, 0.25) is 5.02 Å². The first-order valence-electron chi connectivity index (χ1n) is 9.08. The van der Waals surface area contributed by atoms with Crippen molar-refractivity contribution in [1.29, 1.82) is 0 Å². The van der Waals surface area contributed by atoms with Gasteiger partial charge in [-0.05, 0) is 48.5 Å². The molecular formula is C23H15ClN4O. The molecule has 0 amide bonds. The number of pyridine rings is 1. The van der Waals surface area contributed by atoms with E-state index >= 15 is 0 Å². The van der Waals surface area contributed by atoms with Crippen LogP contribution >= 0.6 is 11.6 Å². The molecule has 0 aliphatic heterocycles. The molecule has 0 unspecified atom stereocenters. The lowest BCUT2D eigenvalue weighted by molar-refractivity contribution is 0.112. The Kier molecular flexibility index (Phi) is 4.22. The number of halogens is 1. The lowest BCUT2D eigenvalue weighted by Crippen LogP contribution is -1.96. The van der Waals surface area contributed by atoms with Crippen molar-refractivity contribution in [2.75, 3.05) is 5.32 Å². The van der Waals surface area contributed by atoms with Gasteiger partial charge in [0.25, 0.3) is 0 Å². The van der Waals surface area contributed by atoms with Crippen LogP contribution < -0.4 is 5.32 Å². The summed E-state index contributed by atoms with van der Waals surface area (Å²) in [7, 11) is 0. The number of nitrogens with zero attached hydrogens (tertiary/aromatic N) is 2. The van der Waals surface area contributed by atoms with Crippen molar-refractivity contribution in [2.45, 2.75) is 0 Å². The molecule has 140 valence electrons. The van der Waals surface area contributed by atoms with Crippen molar-refractivity contribution in [3.8, 4) is 11.5 Å². The Morgan fingerprint density at radius 3 is 2.55 bits per heavy atom. The highest BCUT2D eigenvalue weighted by Crippen LogP contribution is 2.32. The molecule has 0 saturated heterocycles. The Hall–Kier alpha value is -3.70. The molecule has 6 heteroatoms. The van der Waals surface area contributed by atoms with Crippen LogP contribution in [0.3, 0.4) is 0 Å². The summed E-state index contributed by atoms with van der Waals surface area (Å²) < 4.78 is 0. The van der Waals surface area contributed by atoms with Crippen molar-refractivity contribution in [3.63, 3.8) is 0 Å². The largest absolute Gasteiger partial charge is 0.354 e. The normalized spacial score (nSPS) is 11.1. The van der Waals surface area contributed by atoms with Gasteiger partial charge in [0.1, 0.15) is 12.0 Å². The monoisotopic (exact) mass is 398 g/mol. The predicted molar refractivity (Wildman–Crippen MR) is 117 cm³/mol. The summed E-state index contributed by atoms with van der Waals surface area (Å²) in [6.07, 6.45) is 0.824. The van der Waals surface area contributed by atoms with Gasteiger partial charge in [0.05, 0.1) is 27.3 Å². The van der Waals surface area contributed by atoms with Crippen LogP contribution in [0.4, 0.5) is 11.4 Å². The first-order valence-corrected chi connectivity index (χ1v) is 9.46. The van der Waals surface area contributed by atoms with Crippen LogP contribution in [0.25, 0.3) is 33.5 Å². The van der Waals surface area contributed by atoms with E-state index < -0.39 is 0 Å². The van der Waals surface area contributed by atoms with Crippen molar-refractivity contribution in [1.82, 2.24) is 15.0 Å². The van der Waals surface area contributed by atoms with E-state index in [4.69, 9.17) is 16.6 Å². The quantitative estimate of drug-likeness (QED) is 0.365. The van der Waals surface area contributed by atoms with Crippen LogP contribution in [0, 0.1) is 0 Å². The first-order chi connectivity index (χ1) is 14.2. The molecule has 0 atom stereocenters. The van der Waals surface area contributed by atoms with Gasteiger partial charge in [-0.2, -0.15) is 0 Å². The molecule has 5 aromatic rings. The Morgan fingerprint density at radius 1 is 0.931 bits per heavy atom. The molecule has 5 rings (SSSR count). The summed E-state index contributed by atoms with van der Waals surface area (Å²) in [6, 6.07) is 22.8. The zero-order valence-electron chi connectivity index (χ0n) is 15.2. The van der Waals surface area contributed by atoms with Crippen LogP contribution in [-0.4, -0.2) is 21.2 Å². The molecule has 0 fully saturated rings. The molecule has 2 N–H and O–H groups in total. The number of anilines is 2. The Morgan fingerprint density at radius 2 is 1.76 bits per heavy atom. The number of benzene rings is 3. The summed E-state index contributed by atoms with van der Waals surface area (Å²) in [5.41, 5.74) is 5.52. The third kappa shape index (κ3) is 3.22. The molecule has 0 aliphatic rings. The van der Waals surface area contributed by atoms with Crippen LogP contribution in [-0.2, 0) is 0 Å². The molecule has 0 bridgehead atoms. The van der Waals surface area contributed by atoms with Gasteiger partial charge in [0, 0.05) is 16.6 Å². The lowest BCUT2D eigenvalue weighted by Gasteiger charge is -2.11. The number of aldehydes is 1. The lowest BCUT2D eigenvalue weighted by atomic mass is 10.1. The number of carbonyl (C=O) groups is 1. The van der Waals surface area contributed by atoms with Crippen LogP contribution in [0.5, 0.6) is 0 Å². The van der Waals surface area contributed by atoms with Gasteiger partial charge in [0.2, 0.25) is 0 Å². The van der Waals surface area contributed by atoms with Gasteiger partial charge in [0.15, 0.2) is 5.82 Å². The highest BCUT2D eigenvalue weighted by molar-refractivity contribution is 6.33. The number of aromatic nitrogens is 3. The minimum atomic E-state index is 0.532. The van der Waals surface area contributed by atoms with Gasteiger partial charge < -0.3 is 10.3 Å². The standard InChI is InChI=1S/C23H15ClN4O/c24-17-12-15-4-3-7-20(25-16-10-8-14(13-29)9-11-16)21(15)28-22(17)23-26-18-5-1-2-6-19(18)27-23/h1-13,25H,(H,26,27). The highest BCUT2D eigenvalue weighted by atomic mass is 35.5. The number of fused-ring (bicyclic) bond motifs is 2. The fraction of sp³-hybridized carbons (Fsp3) is 0. The van der Waals surface area contributed by atoms with Gasteiger partial charge in [-0.25, -0.2) is 9.97 Å². The van der Waals surface area contributed by atoms with E-state index in [1.165, 1.54) is 0 Å². The Labute approximate surface area is 171 Å². The Bertz CT molecular complexity index is 1330. The number of hydrogen-bond donors (Lipinski definition) is 2. The first kappa shape index (κ1) is 17.4. The van der Waals surface area contributed by atoms with Gasteiger partial charge in [-0.3, -0.25) is 4.79 Å². The van der Waals surface area contributed by atoms with Gasteiger partial charge in [-0.15, -0.1) is 0 Å². The molecule has 0 spiro atoms. The number of nitrogens with one attached hydrogen (secondary N) is 2. The van der Waals surface area contributed by atoms with E-state index in [1.807, 2.05) is 60.7 Å². The molecule has 5 nitrogen and oxygen atoms in total. The number of carbonyl (C=O) groups excluding carboxylic acids is 1. The average molecular weight is 399 g/mol. The van der Waals surface area contributed by atoms with Gasteiger partial charge >= 0.3 is 0 Å². The van der Waals surface area contributed by atoms with Crippen LogP contribution in [0.1, 0.15) is 10.4 Å². The summed E-state index contributed by atoms with van der Waals surface area (Å²) in [5, 5.41) is 4.82. The topological polar surface area (TPSA) is 70.7 Å². The molecular weight excluding hydrogens is 384 g/mol. The number of rotatable bonds is 4. The zero-order valence-corrected chi connectivity index (χ0v) is 15.9. The highest BCUT2D eigenvalue weighted by Gasteiger charge is 2.14. The fourth-order valence-electron chi connectivity index (χ4n) is 3.31. The molecule has 2 heterocycles. The van der Waals surface area contributed by atoms with E-state index in [9.17, 15) is 4.79 Å². The number of imidazole rings is 1. The third-order valence-corrected chi connectivity index (χ3v) is 5.03. The maximum atomic E-state index is 10.9. The number of aromatic amines is 1. The number of para-hydroxylation sites is 3.